The van der Waals surface area contributed by atoms with Gasteiger partial charge in [-0.3, -0.25) is 14.4 Å². The lowest BCUT2D eigenvalue weighted by molar-refractivity contribution is -0.0924. The van der Waals surface area contributed by atoms with Gasteiger partial charge >= 0.3 is 0 Å². The van der Waals surface area contributed by atoms with Crippen LogP contribution in [-0.2, 0) is 4.84 Å². The topological polar surface area (TPSA) is 46.6 Å². The molecule has 0 spiro atoms. The predicted octanol–water partition coefficient (Wildman–Crippen LogP) is 4.36. The molecule has 4 nitrogen and oxygen atoms in total. The molecule has 0 fully saturated rings. The van der Waals surface area contributed by atoms with Gasteiger partial charge in [0.05, 0.1) is 21.3 Å². The molecule has 1 aliphatic heterocycles. The van der Waals surface area contributed by atoms with Crippen molar-refractivity contribution in [3.8, 4) is 0 Å². The summed E-state index contributed by atoms with van der Waals surface area (Å²) in [6, 6.07) is 6.49. The summed E-state index contributed by atoms with van der Waals surface area (Å²) in [5.41, 5.74) is 0.635. The lowest BCUT2D eigenvalue weighted by atomic mass is 10.1. The van der Waals surface area contributed by atoms with Gasteiger partial charge < -0.3 is 0 Å². The molecule has 1 aromatic rings. The molecule has 0 atom stereocenters. The normalized spacial score (nSPS) is 14.3. The second-order valence-corrected chi connectivity index (χ2v) is 6.51. The largest absolute Gasteiger partial charge is 0.285 e. The van der Waals surface area contributed by atoms with Gasteiger partial charge in [-0.05, 0) is 47.6 Å². The monoisotopic (exact) mass is 435 g/mol. The predicted molar refractivity (Wildman–Crippen MR) is 89.5 cm³/mol. The number of halogens is 3. The summed E-state index contributed by atoms with van der Waals surface area (Å²) < 4.78 is 26.5. The minimum atomic E-state index is -2.86. The SMILES string of the molecule is C=C(I)C(F)(F)CCCCCON1C(=O)c2ccccc2C1=O. The van der Waals surface area contributed by atoms with Crippen LogP contribution >= 0.6 is 22.6 Å². The van der Waals surface area contributed by atoms with Crippen LogP contribution in [0.3, 0.4) is 0 Å². The molecular weight excluding hydrogens is 419 g/mol. The van der Waals surface area contributed by atoms with Crippen molar-refractivity contribution in [3.05, 3.63) is 45.6 Å². The smallest absolute Gasteiger partial charge is 0.266 e. The minimum absolute atomic E-state index is 0.127. The number of fused-ring (bicyclic) bond motifs is 1. The Labute approximate surface area is 146 Å². The number of hydrogen-bond donors (Lipinski definition) is 0. The van der Waals surface area contributed by atoms with Crippen LogP contribution in [0.15, 0.2) is 34.4 Å². The molecule has 1 aromatic carbocycles. The zero-order valence-electron chi connectivity index (χ0n) is 12.4. The Morgan fingerprint density at radius 1 is 1.13 bits per heavy atom. The third-order valence-electron chi connectivity index (χ3n) is 3.51. The second-order valence-electron chi connectivity index (χ2n) is 5.20. The first kappa shape index (κ1) is 18.0. The number of unbranched alkanes of at least 4 members (excludes halogenated alkanes) is 2. The van der Waals surface area contributed by atoms with Crippen molar-refractivity contribution in [1.29, 1.82) is 0 Å². The molecule has 7 heteroatoms. The minimum Gasteiger partial charge on any atom is -0.266 e. The second kappa shape index (κ2) is 7.48. The number of nitrogens with zero attached hydrogens (tertiary/aromatic N) is 1. The summed E-state index contributed by atoms with van der Waals surface area (Å²) in [6.45, 7) is 3.39. The van der Waals surface area contributed by atoms with Gasteiger partial charge in [-0.15, -0.1) is 5.06 Å². The number of alkyl halides is 2. The van der Waals surface area contributed by atoms with Crippen LogP contribution in [0.2, 0.25) is 0 Å². The highest BCUT2D eigenvalue weighted by molar-refractivity contribution is 14.1. The Balaban J connectivity index is 1.73. The Morgan fingerprint density at radius 3 is 2.22 bits per heavy atom. The number of carbonyl (C=O) groups excluding carboxylic acids is 2. The van der Waals surface area contributed by atoms with Crippen LogP contribution in [0.1, 0.15) is 46.4 Å². The highest BCUT2D eigenvalue weighted by atomic mass is 127. The van der Waals surface area contributed by atoms with E-state index in [1.54, 1.807) is 24.3 Å². The number of allylic oxidation sites excluding steroid dienone is 1. The quantitative estimate of drug-likeness (QED) is 0.347. The number of hydroxylamine groups is 2. The van der Waals surface area contributed by atoms with Gasteiger partial charge in [0.1, 0.15) is 0 Å². The average molecular weight is 435 g/mol. The van der Waals surface area contributed by atoms with Crippen LogP contribution in [0.5, 0.6) is 0 Å². The summed E-state index contributed by atoms with van der Waals surface area (Å²) >= 11 is 1.53. The highest BCUT2D eigenvalue weighted by Crippen LogP contribution is 2.32. The van der Waals surface area contributed by atoms with Crippen molar-refractivity contribution in [1.82, 2.24) is 5.06 Å². The van der Waals surface area contributed by atoms with Gasteiger partial charge in [0.15, 0.2) is 0 Å². The molecule has 0 bridgehead atoms. The number of carbonyl (C=O) groups is 2. The zero-order valence-corrected chi connectivity index (χ0v) is 14.5. The van der Waals surface area contributed by atoms with Gasteiger partial charge in [0, 0.05) is 6.42 Å². The lowest BCUT2D eigenvalue weighted by Gasteiger charge is -2.15. The third-order valence-corrected chi connectivity index (χ3v) is 4.30. The molecule has 1 aliphatic rings. The highest BCUT2D eigenvalue weighted by Gasteiger charge is 2.36. The summed E-state index contributed by atoms with van der Waals surface area (Å²) in [6.07, 6.45) is 1.06. The molecular formula is C16H16F2INO3. The molecule has 0 saturated heterocycles. The number of amides is 2. The van der Waals surface area contributed by atoms with Crippen LogP contribution in [0.25, 0.3) is 0 Å². The molecule has 2 rings (SSSR count). The Kier molecular flexibility index (Phi) is 5.85. The van der Waals surface area contributed by atoms with E-state index in [-0.39, 0.29) is 16.6 Å². The van der Waals surface area contributed by atoms with Crippen molar-refractivity contribution < 1.29 is 23.2 Å². The van der Waals surface area contributed by atoms with E-state index in [0.29, 0.717) is 30.4 Å². The standard InChI is InChI=1S/C16H16F2INO3/c1-11(19)16(17,18)9-5-2-6-10-23-20-14(21)12-7-3-4-8-13(12)15(20)22/h3-4,7-8H,1-2,5-6,9-10H2. The van der Waals surface area contributed by atoms with E-state index in [1.807, 2.05) is 0 Å². The molecule has 2 amide bonds. The van der Waals surface area contributed by atoms with Gasteiger partial charge in [-0.1, -0.05) is 25.1 Å². The summed E-state index contributed by atoms with van der Waals surface area (Å²) in [5, 5.41) is 0.742. The van der Waals surface area contributed by atoms with E-state index in [1.165, 1.54) is 22.6 Å². The van der Waals surface area contributed by atoms with E-state index in [0.717, 1.165) is 5.06 Å². The summed E-state index contributed by atoms with van der Waals surface area (Å²) in [4.78, 5) is 29.2. The molecule has 0 aromatic heterocycles. The van der Waals surface area contributed by atoms with E-state index < -0.39 is 17.7 Å². The maximum absolute atomic E-state index is 13.3. The van der Waals surface area contributed by atoms with Gasteiger partial charge in [0.25, 0.3) is 17.7 Å². The van der Waals surface area contributed by atoms with E-state index in [9.17, 15) is 18.4 Å². The van der Waals surface area contributed by atoms with Crippen molar-refractivity contribution >= 4 is 34.4 Å². The first-order valence-electron chi connectivity index (χ1n) is 7.18. The average Bonchev–Trinajstić information content (AvgIpc) is 2.75. The van der Waals surface area contributed by atoms with E-state index in [2.05, 4.69) is 6.58 Å². The van der Waals surface area contributed by atoms with Crippen molar-refractivity contribution in [2.75, 3.05) is 6.61 Å². The summed E-state index contributed by atoms with van der Waals surface area (Å²) in [7, 11) is 0. The molecule has 124 valence electrons. The maximum Gasteiger partial charge on any atom is 0.285 e. The first-order valence-corrected chi connectivity index (χ1v) is 8.26. The van der Waals surface area contributed by atoms with Gasteiger partial charge in [-0.2, -0.15) is 0 Å². The summed E-state index contributed by atoms with van der Waals surface area (Å²) in [5.74, 6) is -3.83. The molecule has 0 aliphatic carbocycles. The van der Waals surface area contributed by atoms with Crippen molar-refractivity contribution in [2.24, 2.45) is 0 Å². The number of benzene rings is 1. The molecule has 23 heavy (non-hydrogen) atoms. The Morgan fingerprint density at radius 2 is 1.70 bits per heavy atom. The first-order chi connectivity index (χ1) is 10.8. The fraction of sp³-hybridized carbons (Fsp3) is 0.375. The fourth-order valence-corrected chi connectivity index (χ4v) is 2.47. The van der Waals surface area contributed by atoms with Crippen LogP contribution in [0.4, 0.5) is 8.78 Å². The number of imide groups is 1. The van der Waals surface area contributed by atoms with Crippen molar-refractivity contribution in [2.45, 2.75) is 31.6 Å². The molecule has 0 unspecified atom stereocenters. The lowest BCUT2D eigenvalue weighted by Crippen LogP contribution is -2.30. The molecule has 0 N–H and O–H groups in total. The fourth-order valence-electron chi connectivity index (χ4n) is 2.20. The zero-order chi connectivity index (χ0) is 17.0. The third kappa shape index (κ3) is 4.14. The Bertz CT molecular complexity index is 599. The van der Waals surface area contributed by atoms with Crippen LogP contribution in [0, 0.1) is 0 Å². The van der Waals surface area contributed by atoms with Gasteiger partial charge in [0.2, 0.25) is 0 Å². The van der Waals surface area contributed by atoms with Crippen LogP contribution < -0.4 is 0 Å². The van der Waals surface area contributed by atoms with E-state index >= 15 is 0 Å². The Hall–Kier alpha value is -1.35. The van der Waals surface area contributed by atoms with Gasteiger partial charge in [-0.25, -0.2) is 8.78 Å². The number of hydrogen-bond acceptors (Lipinski definition) is 3. The number of rotatable bonds is 8. The van der Waals surface area contributed by atoms with Crippen molar-refractivity contribution in [3.63, 3.8) is 0 Å². The molecule has 0 radical (unpaired) electrons. The van der Waals surface area contributed by atoms with Crippen LogP contribution in [-0.4, -0.2) is 29.4 Å². The molecule has 0 saturated carbocycles. The van der Waals surface area contributed by atoms with E-state index in [4.69, 9.17) is 4.84 Å². The maximum atomic E-state index is 13.3. The molecule has 1 heterocycles.